The summed E-state index contributed by atoms with van der Waals surface area (Å²) >= 11 is 6.26. The van der Waals surface area contributed by atoms with Gasteiger partial charge in [0.15, 0.2) is 0 Å². The average Bonchev–Trinajstić information content (AvgIpc) is 3.49. The molecule has 140 valence electrons. The van der Waals surface area contributed by atoms with Crippen molar-refractivity contribution in [1.82, 2.24) is 4.90 Å². The number of carbonyl (C=O) groups excluding carboxylic acids is 1. The molecule has 2 atom stereocenters. The lowest BCUT2D eigenvalue weighted by atomic mass is 9.73. The molecule has 1 saturated carbocycles. The zero-order chi connectivity index (χ0) is 19.0. The third-order valence-corrected chi connectivity index (χ3v) is 6.42. The number of amides is 1. The maximum absolute atomic E-state index is 12.9. The molecule has 1 heterocycles. The van der Waals surface area contributed by atoms with Crippen LogP contribution in [0, 0.1) is 5.92 Å². The lowest BCUT2D eigenvalue weighted by Gasteiger charge is -2.39. The Labute approximate surface area is 163 Å². The molecule has 0 aromatic heterocycles. The third-order valence-electron chi connectivity index (χ3n) is 6.08. The summed E-state index contributed by atoms with van der Waals surface area (Å²) in [6.45, 7) is 0.956. The first-order chi connectivity index (χ1) is 13.0. The van der Waals surface area contributed by atoms with E-state index in [-0.39, 0.29) is 17.7 Å². The molecule has 0 spiro atoms. The minimum Gasteiger partial charge on any atom is -0.481 e. The summed E-state index contributed by atoms with van der Waals surface area (Å²) in [4.78, 5) is 26.8. The number of hydrogen-bond acceptors (Lipinski definition) is 2. The maximum atomic E-state index is 12.9. The summed E-state index contributed by atoms with van der Waals surface area (Å²) in [5.74, 6) is -0.515. The second kappa shape index (κ2) is 7.01. The molecule has 1 aliphatic carbocycles. The van der Waals surface area contributed by atoms with Crippen LogP contribution < -0.4 is 0 Å². The van der Waals surface area contributed by atoms with Gasteiger partial charge in [0.25, 0.3) is 0 Å². The number of hydrogen-bond donors (Lipinski definition) is 1. The Morgan fingerprint density at radius 1 is 1.00 bits per heavy atom. The molecule has 2 aromatic rings. The van der Waals surface area contributed by atoms with E-state index in [1.165, 1.54) is 0 Å². The molecule has 1 N–H and O–H groups in total. The van der Waals surface area contributed by atoms with Crippen molar-refractivity contribution in [3.8, 4) is 0 Å². The van der Waals surface area contributed by atoms with Gasteiger partial charge in [-0.2, -0.15) is 0 Å². The number of carboxylic acid groups (broad SMARTS) is 1. The molecule has 0 bridgehead atoms. The van der Waals surface area contributed by atoms with Crippen LogP contribution in [0.3, 0.4) is 0 Å². The second-order valence-electron chi connectivity index (χ2n) is 7.55. The Balaban J connectivity index is 1.44. The van der Waals surface area contributed by atoms with Crippen LogP contribution in [0.2, 0.25) is 5.02 Å². The van der Waals surface area contributed by atoms with Gasteiger partial charge in [0.05, 0.1) is 5.41 Å². The molecule has 2 fully saturated rings. The minimum absolute atomic E-state index is 0.0287. The third kappa shape index (κ3) is 3.23. The van der Waals surface area contributed by atoms with Gasteiger partial charge in [-0.05, 0) is 42.4 Å². The summed E-state index contributed by atoms with van der Waals surface area (Å²) < 4.78 is 0. The molecule has 0 unspecified atom stereocenters. The van der Waals surface area contributed by atoms with Crippen LogP contribution in [0.5, 0.6) is 0 Å². The molecule has 2 aliphatic rings. The minimum atomic E-state index is -0.899. The standard InChI is InChI=1S/C22H22ClNO3/c23-19-9-5-4-8-16(19)17-14-18(17)20(25)24-12-10-22(11-13-24,21(26)27)15-6-2-1-3-7-15/h1-9,17-18H,10-14H2,(H,26,27)/t17-,18-/m1/s1. The van der Waals surface area contributed by atoms with Crippen LogP contribution in [0.4, 0.5) is 0 Å². The lowest BCUT2D eigenvalue weighted by Crippen LogP contribution is -2.49. The fourth-order valence-electron chi connectivity index (χ4n) is 4.31. The fourth-order valence-corrected chi connectivity index (χ4v) is 4.59. The van der Waals surface area contributed by atoms with Crippen LogP contribution in [0.1, 0.15) is 36.3 Å². The average molecular weight is 384 g/mol. The van der Waals surface area contributed by atoms with Crippen molar-refractivity contribution in [2.75, 3.05) is 13.1 Å². The van der Waals surface area contributed by atoms with Gasteiger partial charge >= 0.3 is 5.97 Å². The number of carboxylic acids is 1. The van der Waals surface area contributed by atoms with E-state index in [4.69, 9.17) is 11.6 Å². The van der Waals surface area contributed by atoms with E-state index >= 15 is 0 Å². The molecular formula is C22H22ClNO3. The van der Waals surface area contributed by atoms with Gasteiger partial charge < -0.3 is 10.0 Å². The molecule has 1 saturated heterocycles. The normalized spacial score (nSPS) is 23.7. The highest BCUT2D eigenvalue weighted by Crippen LogP contribution is 2.51. The van der Waals surface area contributed by atoms with Crippen molar-refractivity contribution in [1.29, 1.82) is 0 Å². The predicted octanol–water partition coefficient (Wildman–Crippen LogP) is 4.09. The van der Waals surface area contributed by atoms with Crippen LogP contribution in [0.15, 0.2) is 54.6 Å². The van der Waals surface area contributed by atoms with E-state index in [0.717, 1.165) is 17.5 Å². The number of rotatable bonds is 4. The number of benzene rings is 2. The number of piperidine rings is 1. The van der Waals surface area contributed by atoms with Crippen LogP contribution in [-0.4, -0.2) is 35.0 Å². The van der Waals surface area contributed by atoms with E-state index in [1.54, 1.807) is 0 Å². The molecule has 1 aliphatic heterocycles. The Hall–Kier alpha value is -2.33. The number of halogens is 1. The highest BCUT2D eigenvalue weighted by atomic mass is 35.5. The van der Waals surface area contributed by atoms with Crippen molar-refractivity contribution < 1.29 is 14.7 Å². The second-order valence-corrected chi connectivity index (χ2v) is 7.96. The zero-order valence-electron chi connectivity index (χ0n) is 15.0. The van der Waals surface area contributed by atoms with E-state index in [1.807, 2.05) is 59.5 Å². The molecule has 5 heteroatoms. The van der Waals surface area contributed by atoms with Gasteiger partial charge in [0, 0.05) is 24.0 Å². The summed E-state index contributed by atoms with van der Waals surface area (Å²) in [6, 6.07) is 17.1. The predicted molar refractivity (Wildman–Crippen MR) is 104 cm³/mol. The van der Waals surface area contributed by atoms with E-state index in [9.17, 15) is 14.7 Å². The smallest absolute Gasteiger partial charge is 0.314 e. The molecular weight excluding hydrogens is 362 g/mol. The molecule has 0 radical (unpaired) electrons. The van der Waals surface area contributed by atoms with Gasteiger partial charge in [-0.15, -0.1) is 0 Å². The van der Waals surface area contributed by atoms with Crippen molar-refractivity contribution in [3.05, 3.63) is 70.7 Å². The maximum Gasteiger partial charge on any atom is 0.314 e. The number of aliphatic carboxylic acids is 1. The van der Waals surface area contributed by atoms with Crippen molar-refractivity contribution in [3.63, 3.8) is 0 Å². The molecule has 2 aromatic carbocycles. The van der Waals surface area contributed by atoms with Crippen molar-refractivity contribution >= 4 is 23.5 Å². The number of nitrogens with zero attached hydrogens (tertiary/aromatic N) is 1. The number of carbonyl (C=O) groups is 2. The summed E-state index contributed by atoms with van der Waals surface area (Å²) in [6.07, 6.45) is 1.71. The molecule has 1 amide bonds. The molecule has 27 heavy (non-hydrogen) atoms. The highest BCUT2D eigenvalue weighted by molar-refractivity contribution is 6.31. The van der Waals surface area contributed by atoms with E-state index in [0.29, 0.717) is 31.0 Å². The topological polar surface area (TPSA) is 57.6 Å². The van der Waals surface area contributed by atoms with Crippen LogP contribution >= 0.6 is 11.6 Å². The largest absolute Gasteiger partial charge is 0.481 e. The van der Waals surface area contributed by atoms with Crippen LogP contribution in [0.25, 0.3) is 0 Å². The van der Waals surface area contributed by atoms with Crippen molar-refractivity contribution in [2.24, 2.45) is 5.92 Å². The van der Waals surface area contributed by atoms with Gasteiger partial charge in [-0.3, -0.25) is 9.59 Å². The Morgan fingerprint density at radius 3 is 2.26 bits per heavy atom. The van der Waals surface area contributed by atoms with E-state index < -0.39 is 11.4 Å². The van der Waals surface area contributed by atoms with Gasteiger partial charge in [0.2, 0.25) is 5.91 Å². The van der Waals surface area contributed by atoms with Gasteiger partial charge in [-0.25, -0.2) is 0 Å². The quantitative estimate of drug-likeness (QED) is 0.865. The van der Waals surface area contributed by atoms with Gasteiger partial charge in [-0.1, -0.05) is 60.1 Å². The van der Waals surface area contributed by atoms with Crippen LogP contribution in [-0.2, 0) is 15.0 Å². The van der Waals surface area contributed by atoms with E-state index in [2.05, 4.69) is 0 Å². The number of likely N-dealkylation sites (tertiary alicyclic amines) is 1. The monoisotopic (exact) mass is 383 g/mol. The molecule has 4 nitrogen and oxygen atoms in total. The molecule has 4 rings (SSSR count). The Bertz CT molecular complexity index is 859. The first-order valence-corrected chi connectivity index (χ1v) is 9.73. The Kier molecular flexibility index (Phi) is 4.68. The Morgan fingerprint density at radius 2 is 1.63 bits per heavy atom. The zero-order valence-corrected chi connectivity index (χ0v) is 15.7. The fraction of sp³-hybridized carbons (Fsp3) is 0.364. The highest BCUT2D eigenvalue weighted by Gasteiger charge is 2.49. The first kappa shape index (κ1) is 18.1. The van der Waals surface area contributed by atoms with Gasteiger partial charge in [0.1, 0.15) is 0 Å². The summed E-state index contributed by atoms with van der Waals surface area (Å²) in [5, 5.41) is 10.6. The lowest BCUT2D eigenvalue weighted by molar-refractivity contribution is -0.148. The van der Waals surface area contributed by atoms with Crippen molar-refractivity contribution in [2.45, 2.75) is 30.6 Å². The summed E-state index contributed by atoms with van der Waals surface area (Å²) in [7, 11) is 0. The SMILES string of the molecule is O=C([C@@H]1C[C@@H]1c1ccccc1Cl)N1CCC(C(=O)O)(c2ccccc2)CC1. The first-order valence-electron chi connectivity index (χ1n) is 9.35. The summed E-state index contributed by atoms with van der Waals surface area (Å²) in [5.41, 5.74) is 0.965.